The van der Waals surface area contributed by atoms with E-state index in [-0.39, 0.29) is 0 Å². The summed E-state index contributed by atoms with van der Waals surface area (Å²) in [6, 6.07) is 0. The van der Waals surface area contributed by atoms with Crippen LogP contribution >= 0.6 is 0 Å². The maximum absolute atomic E-state index is 4.93. The van der Waals surface area contributed by atoms with Crippen LogP contribution in [-0.2, 0) is 4.74 Å². The molecule has 1 atom stereocenters. The zero-order valence-corrected chi connectivity index (χ0v) is 5.19. The van der Waals surface area contributed by atoms with Gasteiger partial charge in [-0.15, -0.1) is 0 Å². The summed E-state index contributed by atoms with van der Waals surface area (Å²) < 4.78 is 4.93. The molecule has 0 amide bonds. The molecule has 0 aromatic heterocycles. The van der Waals surface area contributed by atoms with Gasteiger partial charge in [0.15, 0.2) is 0 Å². The summed E-state index contributed by atoms with van der Waals surface area (Å²) in [5, 5.41) is 2.99. The maximum Gasteiger partial charge on any atom is 0.0667 e. The Morgan fingerprint density at radius 1 is 1.71 bits per heavy atom. The predicted octanol–water partition coefficient (Wildman–Crippen LogP) is 0.241. The van der Waals surface area contributed by atoms with Crippen molar-refractivity contribution in [2.75, 3.05) is 20.7 Å². The van der Waals surface area contributed by atoms with Crippen molar-refractivity contribution in [1.29, 1.82) is 0 Å². The highest BCUT2D eigenvalue weighted by Gasteiger charge is 1.92. The first kappa shape index (κ1) is 6.92. The third-order valence-corrected chi connectivity index (χ3v) is 0.894. The highest BCUT2D eigenvalue weighted by molar-refractivity contribution is 4.48. The van der Waals surface area contributed by atoms with E-state index in [0.717, 1.165) is 6.54 Å². The van der Waals surface area contributed by atoms with Crippen LogP contribution in [0.3, 0.4) is 0 Å². The lowest BCUT2D eigenvalue weighted by molar-refractivity contribution is 0.119. The van der Waals surface area contributed by atoms with Gasteiger partial charge in [-0.1, -0.05) is 0 Å². The molecule has 0 saturated heterocycles. The molecule has 2 heteroatoms. The lowest BCUT2D eigenvalue weighted by atomic mass is 10.4. The van der Waals surface area contributed by atoms with Gasteiger partial charge in [-0.05, 0) is 14.0 Å². The smallest absolute Gasteiger partial charge is 0.0667 e. The average molecular weight is 103 g/mol. The molecule has 0 aliphatic heterocycles. The molecule has 0 radical (unpaired) electrons. The Morgan fingerprint density at radius 2 is 2.29 bits per heavy atom. The Bertz CT molecular complexity index is 39.1. The van der Waals surface area contributed by atoms with Crippen molar-refractivity contribution in [3.05, 3.63) is 0 Å². The summed E-state index contributed by atoms with van der Waals surface area (Å²) in [4.78, 5) is 0. The van der Waals surface area contributed by atoms with Crippen LogP contribution in [0.5, 0.6) is 0 Å². The van der Waals surface area contributed by atoms with Gasteiger partial charge in [0.2, 0.25) is 0 Å². The first-order chi connectivity index (χ1) is 3.31. The Balaban J connectivity index is 2.83. The topological polar surface area (TPSA) is 21.3 Å². The van der Waals surface area contributed by atoms with Gasteiger partial charge < -0.3 is 10.1 Å². The molecule has 0 aliphatic carbocycles. The fraction of sp³-hybridized carbons (Fsp3) is 1.00. The Kier molecular flexibility index (Phi) is 4.04. The summed E-state index contributed by atoms with van der Waals surface area (Å²) >= 11 is 0. The van der Waals surface area contributed by atoms with E-state index in [1.54, 1.807) is 7.11 Å². The van der Waals surface area contributed by atoms with E-state index in [4.69, 9.17) is 4.74 Å². The second kappa shape index (κ2) is 4.09. The van der Waals surface area contributed by atoms with Crippen LogP contribution in [0.2, 0.25) is 0 Å². The van der Waals surface area contributed by atoms with Gasteiger partial charge in [-0.3, -0.25) is 0 Å². The molecule has 1 N–H and O–H groups in total. The highest BCUT2D eigenvalue weighted by atomic mass is 16.5. The zero-order chi connectivity index (χ0) is 5.70. The lowest BCUT2D eigenvalue weighted by Crippen LogP contribution is -2.21. The fourth-order valence-electron chi connectivity index (χ4n) is 0.371. The molecular weight excluding hydrogens is 90.1 g/mol. The highest BCUT2D eigenvalue weighted by Crippen LogP contribution is 1.80. The number of rotatable bonds is 3. The van der Waals surface area contributed by atoms with Crippen molar-refractivity contribution in [3.63, 3.8) is 0 Å². The minimum absolute atomic E-state index is 0.338. The first-order valence-electron chi connectivity index (χ1n) is 2.48. The SMILES string of the molecule is CNC[C@H](C)OC. The molecule has 0 heterocycles. The van der Waals surface area contributed by atoms with Crippen LogP contribution in [0.15, 0.2) is 0 Å². The molecule has 0 bridgehead atoms. The number of nitrogens with one attached hydrogen (secondary N) is 1. The molecule has 7 heavy (non-hydrogen) atoms. The van der Waals surface area contributed by atoms with Crippen molar-refractivity contribution >= 4 is 0 Å². The molecule has 0 aromatic carbocycles. The Morgan fingerprint density at radius 3 is 2.43 bits per heavy atom. The second-order valence-electron chi connectivity index (χ2n) is 1.60. The van der Waals surface area contributed by atoms with E-state index in [0.29, 0.717) is 6.10 Å². The van der Waals surface area contributed by atoms with E-state index in [1.807, 2.05) is 14.0 Å². The van der Waals surface area contributed by atoms with Gasteiger partial charge >= 0.3 is 0 Å². The summed E-state index contributed by atoms with van der Waals surface area (Å²) in [6.45, 7) is 2.95. The van der Waals surface area contributed by atoms with Gasteiger partial charge in [-0.2, -0.15) is 0 Å². The second-order valence-corrected chi connectivity index (χ2v) is 1.60. The van der Waals surface area contributed by atoms with Gasteiger partial charge in [0.25, 0.3) is 0 Å². The molecule has 2 nitrogen and oxygen atoms in total. The molecular formula is C5H13NO. The number of methoxy groups -OCH3 is 1. The number of hydrogen-bond acceptors (Lipinski definition) is 2. The van der Waals surface area contributed by atoms with Crippen LogP contribution < -0.4 is 5.32 Å². The fourth-order valence-corrected chi connectivity index (χ4v) is 0.371. The predicted molar refractivity (Wildman–Crippen MR) is 30.4 cm³/mol. The van der Waals surface area contributed by atoms with Gasteiger partial charge in [0.05, 0.1) is 6.10 Å². The summed E-state index contributed by atoms with van der Waals surface area (Å²) in [5.41, 5.74) is 0. The number of ether oxygens (including phenoxy) is 1. The van der Waals surface area contributed by atoms with Crippen molar-refractivity contribution < 1.29 is 4.74 Å². The largest absolute Gasteiger partial charge is 0.380 e. The van der Waals surface area contributed by atoms with Crippen molar-refractivity contribution in [2.45, 2.75) is 13.0 Å². The van der Waals surface area contributed by atoms with Crippen LogP contribution in [0, 0.1) is 0 Å². The quantitative estimate of drug-likeness (QED) is 0.552. The van der Waals surface area contributed by atoms with E-state index in [2.05, 4.69) is 5.32 Å². The van der Waals surface area contributed by atoms with E-state index >= 15 is 0 Å². The van der Waals surface area contributed by atoms with E-state index in [1.165, 1.54) is 0 Å². The minimum atomic E-state index is 0.338. The molecule has 0 spiro atoms. The van der Waals surface area contributed by atoms with E-state index < -0.39 is 0 Å². The molecule has 44 valence electrons. The summed E-state index contributed by atoms with van der Waals surface area (Å²) in [5.74, 6) is 0. The number of likely N-dealkylation sites (N-methyl/N-ethyl adjacent to an activating group) is 1. The van der Waals surface area contributed by atoms with Crippen LogP contribution in [-0.4, -0.2) is 26.8 Å². The monoisotopic (exact) mass is 103 g/mol. The van der Waals surface area contributed by atoms with E-state index in [9.17, 15) is 0 Å². The van der Waals surface area contributed by atoms with Gasteiger partial charge in [0.1, 0.15) is 0 Å². The Hall–Kier alpha value is -0.0800. The van der Waals surface area contributed by atoms with Crippen molar-refractivity contribution in [3.8, 4) is 0 Å². The molecule has 0 fully saturated rings. The molecule has 0 saturated carbocycles. The summed E-state index contributed by atoms with van der Waals surface area (Å²) in [6.07, 6.45) is 0.338. The van der Waals surface area contributed by atoms with Crippen molar-refractivity contribution in [2.24, 2.45) is 0 Å². The third kappa shape index (κ3) is 3.76. The molecule has 0 rings (SSSR count). The normalized spacial score (nSPS) is 14.1. The minimum Gasteiger partial charge on any atom is -0.380 e. The van der Waals surface area contributed by atoms with Crippen LogP contribution in [0.25, 0.3) is 0 Å². The third-order valence-electron chi connectivity index (χ3n) is 0.894. The van der Waals surface area contributed by atoms with Crippen molar-refractivity contribution in [1.82, 2.24) is 5.32 Å². The van der Waals surface area contributed by atoms with Crippen LogP contribution in [0.1, 0.15) is 6.92 Å². The summed E-state index contributed by atoms with van der Waals surface area (Å²) in [7, 11) is 3.62. The lowest BCUT2D eigenvalue weighted by Gasteiger charge is -2.05. The molecule has 0 unspecified atom stereocenters. The maximum atomic E-state index is 4.93. The Labute approximate surface area is 44.9 Å². The van der Waals surface area contributed by atoms with Gasteiger partial charge in [-0.25, -0.2) is 0 Å². The molecule has 0 aliphatic rings. The van der Waals surface area contributed by atoms with Gasteiger partial charge in [0, 0.05) is 13.7 Å². The zero-order valence-electron chi connectivity index (χ0n) is 5.19. The van der Waals surface area contributed by atoms with Crippen LogP contribution in [0.4, 0.5) is 0 Å². The molecule has 0 aromatic rings. The average Bonchev–Trinajstić information content (AvgIpc) is 1.68. The standard InChI is InChI=1S/C5H13NO/c1-5(7-3)4-6-2/h5-6H,4H2,1-3H3/t5-/m0/s1. The first-order valence-corrected chi connectivity index (χ1v) is 2.48. The number of hydrogen-bond donors (Lipinski definition) is 1.